The molecule has 1 aliphatic heterocycles. The molecule has 15 heteroatoms. The molecule has 1 saturated heterocycles. The standard InChI is InChI=1S/C36H47N2O12P/c1-5-6-7-12-51(46,47)13-11-20(39)17-38-19(3)36(45)15-22-28(25(16-36)50-26-14-23(37)31(40)18(2)49-26)35(44)30-29(33(22)42)32(41)21-9-8-10-24(48-4)27(21)34(30)43/h8-10,18,23,25-26,31,40,42,44-45H,5-7,11-17,37H2,1-4H3,(H,46,47)/t18-,23-,25-,26?,31+,36-/m0/s1. The second-order valence-corrected chi connectivity index (χ2v) is 16.4. The van der Waals surface area contributed by atoms with E-state index in [0.717, 1.165) is 12.8 Å². The molecule has 0 spiro atoms. The Balaban J connectivity index is 1.51. The lowest BCUT2D eigenvalue weighted by atomic mass is 9.71. The fraction of sp³-hybridized carbons (Fsp3) is 0.556. The summed E-state index contributed by atoms with van der Waals surface area (Å²) >= 11 is 0. The Morgan fingerprint density at radius 1 is 1.12 bits per heavy atom. The molecule has 2 aromatic rings. The zero-order valence-electron chi connectivity index (χ0n) is 29.3. The third-order valence-corrected chi connectivity index (χ3v) is 12.1. The molecule has 5 rings (SSSR count). The third-order valence-electron chi connectivity index (χ3n) is 10.2. The van der Waals surface area contributed by atoms with Gasteiger partial charge in [-0.05, 0) is 26.3 Å². The Bertz CT molecular complexity index is 1780. The molecule has 278 valence electrons. The van der Waals surface area contributed by atoms with E-state index in [-0.39, 0.29) is 78.3 Å². The molecule has 0 radical (unpaired) electrons. The normalized spacial score (nSPS) is 27.3. The van der Waals surface area contributed by atoms with Crippen LogP contribution in [0.1, 0.15) is 108 Å². The zero-order chi connectivity index (χ0) is 37.4. The van der Waals surface area contributed by atoms with E-state index in [1.54, 1.807) is 6.92 Å². The summed E-state index contributed by atoms with van der Waals surface area (Å²) in [5.41, 5.74) is 3.21. The van der Waals surface area contributed by atoms with E-state index < -0.39 is 83.6 Å². The van der Waals surface area contributed by atoms with Crippen molar-refractivity contribution in [2.45, 2.75) is 102 Å². The van der Waals surface area contributed by atoms with Crippen LogP contribution >= 0.6 is 7.37 Å². The van der Waals surface area contributed by atoms with Gasteiger partial charge in [0, 0.05) is 66.5 Å². The SMILES string of the molecule is CCCCCP(=O)(O)CCC(=O)CN=C(C)[C@]1(O)Cc2c(O)c3c(c(O)c2[C@@H](OC2C[C@H](N)[C@H](O)[C@H](C)O2)C1)C(=O)c1c(OC)cccc1C3=O. The highest BCUT2D eigenvalue weighted by molar-refractivity contribution is 7.58. The van der Waals surface area contributed by atoms with Crippen LogP contribution in [0.2, 0.25) is 0 Å². The predicted molar refractivity (Wildman–Crippen MR) is 186 cm³/mol. The van der Waals surface area contributed by atoms with E-state index in [1.807, 2.05) is 6.92 Å². The third kappa shape index (κ3) is 7.68. The van der Waals surface area contributed by atoms with Crippen molar-refractivity contribution in [1.82, 2.24) is 0 Å². The highest BCUT2D eigenvalue weighted by Gasteiger charge is 2.49. The maximum Gasteiger partial charge on any atom is 0.202 e. The van der Waals surface area contributed by atoms with Crippen molar-refractivity contribution in [1.29, 1.82) is 0 Å². The fourth-order valence-corrected chi connectivity index (χ4v) is 8.66. The van der Waals surface area contributed by atoms with Gasteiger partial charge in [-0.3, -0.25) is 23.9 Å². The highest BCUT2D eigenvalue weighted by atomic mass is 31.2. The van der Waals surface area contributed by atoms with E-state index in [1.165, 1.54) is 32.2 Å². The number of benzene rings is 2. The molecule has 0 aromatic heterocycles. The summed E-state index contributed by atoms with van der Waals surface area (Å²) < 4.78 is 30.0. The summed E-state index contributed by atoms with van der Waals surface area (Å²) in [6.45, 7) is 4.69. The van der Waals surface area contributed by atoms with Crippen molar-refractivity contribution in [3.63, 3.8) is 0 Å². The molecule has 7 atom stereocenters. The van der Waals surface area contributed by atoms with E-state index in [2.05, 4.69) is 4.99 Å². The van der Waals surface area contributed by atoms with Gasteiger partial charge in [0.2, 0.25) is 13.2 Å². The summed E-state index contributed by atoms with van der Waals surface area (Å²) in [6.07, 6.45) is -2.55. The van der Waals surface area contributed by atoms with Crippen molar-refractivity contribution < 1.29 is 58.5 Å². The monoisotopic (exact) mass is 730 g/mol. The van der Waals surface area contributed by atoms with Crippen molar-refractivity contribution >= 4 is 30.4 Å². The topological polar surface area (TPSA) is 235 Å². The van der Waals surface area contributed by atoms with Crippen LogP contribution in [0, 0.1) is 0 Å². The van der Waals surface area contributed by atoms with Gasteiger partial charge < -0.3 is 45.3 Å². The average molecular weight is 731 g/mol. The van der Waals surface area contributed by atoms with Crippen molar-refractivity contribution in [3.05, 3.63) is 51.6 Å². The second-order valence-electron chi connectivity index (χ2n) is 13.8. The fourth-order valence-electron chi connectivity index (χ4n) is 7.12. The minimum atomic E-state index is -3.48. The first-order valence-electron chi connectivity index (χ1n) is 17.2. The van der Waals surface area contributed by atoms with Crippen LogP contribution in [0.5, 0.6) is 17.2 Å². The molecular weight excluding hydrogens is 683 g/mol. The number of phenolic OH excluding ortho intramolecular Hbond substituents is 2. The van der Waals surface area contributed by atoms with Gasteiger partial charge in [0.25, 0.3) is 0 Å². The number of carbonyl (C=O) groups is 3. The number of nitrogens with two attached hydrogens (primary N) is 1. The molecule has 0 amide bonds. The number of methoxy groups -OCH3 is 1. The number of hydrogen-bond donors (Lipinski definition) is 6. The smallest absolute Gasteiger partial charge is 0.202 e. The van der Waals surface area contributed by atoms with Crippen molar-refractivity contribution in [2.24, 2.45) is 10.7 Å². The molecule has 2 aromatic carbocycles. The van der Waals surface area contributed by atoms with Gasteiger partial charge in [0.05, 0.1) is 48.7 Å². The Morgan fingerprint density at radius 3 is 2.49 bits per heavy atom. The number of aromatic hydroxyl groups is 2. The van der Waals surface area contributed by atoms with Gasteiger partial charge in [-0.1, -0.05) is 31.9 Å². The number of fused-ring (bicyclic) bond motifs is 3. The van der Waals surface area contributed by atoms with Crippen LogP contribution in [-0.4, -0.2) is 105 Å². The summed E-state index contributed by atoms with van der Waals surface area (Å²) in [4.78, 5) is 55.1. The summed E-state index contributed by atoms with van der Waals surface area (Å²) in [5.74, 6) is -3.05. The molecule has 3 aliphatic rings. The van der Waals surface area contributed by atoms with E-state index in [0.29, 0.717) is 6.42 Å². The minimum absolute atomic E-state index is 0.0319. The molecule has 0 saturated carbocycles. The molecule has 2 unspecified atom stereocenters. The summed E-state index contributed by atoms with van der Waals surface area (Å²) in [6, 6.07) is 3.70. The number of carbonyl (C=O) groups excluding carboxylic acids is 3. The number of ether oxygens (including phenoxy) is 3. The molecule has 1 heterocycles. The predicted octanol–water partition coefficient (Wildman–Crippen LogP) is 3.32. The average Bonchev–Trinajstić information content (AvgIpc) is 3.08. The maximum absolute atomic E-state index is 13.9. The van der Waals surface area contributed by atoms with Crippen LogP contribution < -0.4 is 10.5 Å². The summed E-state index contributed by atoms with van der Waals surface area (Å²) in [7, 11) is -2.14. The first-order chi connectivity index (χ1) is 24.0. The molecule has 2 aliphatic carbocycles. The quantitative estimate of drug-likeness (QED) is 0.0642. The van der Waals surface area contributed by atoms with Crippen LogP contribution in [-0.2, 0) is 25.3 Å². The van der Waals surface area contributed by atoms with Crippen LogP contribution in [0.3, 0.4) is 0 Å². The number of nitrogens with zero attached hydrogens (tertiary/aromatic N) is 1. The number of Topliss-reactive ketones (excluding diaryl/α,β-unsaturated/α-hetero) is 1. The number of aliphatic hydroxyl groups is 2. The molecule has 51 heavy (non-hydrogen) atoms. The Kier molecular flexibility index (Phi) is 11.6. The van der Waals surface area contributed by atoms with Crippen LogP contribution in [0.4, 0.5) is 0 Å². The van der Waals surface area contributed by atoms with Crippen LogP contribution in [0.15, 0.2) is 23.2 Å². The lowest BCUT2D eigenvalue weighted by Gasteiger charge is -2.43. The Hall–Kier alpha value is -3.49. The Morgan fingerprint density at radius 2 is 1.82 bits per heavy atom. The zero-order valence-corrected chi connectivity index (χ0v) is 30.1. The van der Waals surface area contributed by atoms with Gasteiger partial charge in [0.15, 0.2) is 17.9 Å². The van der Waals surface area contributed by atoms with Gasteiger partial charge in [-0.25, -0.2) is 0 Å². The summed E-state index contributed by atoms with van der Waals surface area (Å²) in [5, 5.41) is 46.0. The minimum Gasteiger partial charge on any atom is -0.507 e. The van der Waals surface area contributed by atoms with Crippen LogP contribution in [0.25, 0.3) is 0 Å². The number of unbranched alkanes of at least 4 members (excludes halogenated alkanes) is 2. The van der Waals surface area contributed by atoms with Gasteiger partial charge in [-0.15, -0.1) is 0 Å². The molecule has 7 N–H and O–H groups in total. The van der Waals surface area contributed by atoms with E-state index in [9.17, 15) is 44.3 Å². The highest BCUT2D eigenvalue weighted by Crippen LogP contribution is 2.52. The Labute approximate surface area is 296 Å². The lowest BCUT2D eigenvalue weighted by Crippen LogP contribution is -2.52. The number of phenols is 2. The largest absolute Gasteiger partial charge is 0.507 e. The van der Waals surface area contributed by atoms with Crippen molar-refractivity contribution in [2.75, 3.05) is 26.0 Å². The number of ketones is 3. The van der Waals surface area contributed by atoms with E-state index in [4.69, 9.17) is 19.9 Å². The first kappa shape index (κ1) is 38.7. The lowest BCUT2D eigenvalue weighted by molar-refractivity contribution is -0.245. The van der Waals surface area contributed by atoms with Crippen molar-refractivity contribution in [3.8, 4) is 17.2 Å². The van der Waals surface area contributed by atoms with Gasteiger partial charge in [-0.2, -0.15) is 0 Å². The molecule has 1 fully saturated rings. The van der Waals surface area contributed by atoms with Gasteiger partial charge >= 0.3 is 0 Å². The number of aliphatic hydroxyl groups excluding tert-OH is 1. The molecular formula is C36H47N2O12P. The number of hydrogen-bond acceptors (Lipinski definition) is 13. The number of rotatable bonds is 13. The number of aliphatic imine (C=N–C) groups is 1. The molecule has 0 bridgehead atoms. The first-order valence-corrected chi connectivity index (χ1v) is 19.2. The van der Waals surface area contributed by atoms with Gasteiger partial charge in [0.1, 0.15) is 22.8 Å². The van der Waals surface area contributed by atoms with E-state index >= 15 is 0 Å². The maximum atomic E-state index is 13.9. The second kappa shape index (κ2) is 15.2. The molecule has 14 nitrogen and oxygen atoms in total.